The molecule has 2 aromatic heterocycles. The van der Waals surface area contributed by atoms with Gasteiger partial charge in [-0.3, -0.25) is 0 Å². The number of hydrogen-bond donors (Lipinski definition) is 1. The summed E-state index contributed by atoms with van der Waals surface area (Å²) in [5.41, 5.74) is 2.58. The summed E-state index contributed by atoms with van der Waals surface area (Å²) in [6.45, 7) is 0. The zero-order valence-electron chi connectivity index (χ0n) is 12.9. The van der Waals surface area contributed by atoms with Crippen molar-refractivity contribution in [3.63, 3.8) is 0 Å². The minimum Gasteiger partial charge on any atom is -0.456 e. The molecule has 0 saturated heterocycles. The van der Waals surface area contributed by atoms with Gasteiger partial charge in [0.25, 0.3) is 0 Å². The molecule has 0 fully saturated rings. The van der Waals surface area contributed by atoms with Gasteiger partial charge in [0.2, 0.25) is 0 Å². The van der Waals surface area contributed by atoms with Gasteiger partial charge in [-0.05, 0) is 29.7 Å². The van der Waals surface area contributed by atoms with Crippen LogP contribution in [0.4, 0.5) is 0 Å². The molecule has 0 aliphatic heterocycles. The number of para-hydroxylation sites is 1. The average Bonchev–Trinajstić information content (AvgIpc) is 3.17. The lowest BCUT2D eigenvalue weighted by Crippen LogP contribution is -2.31. The molecule has 0 atom stereocenters. The molecule has 3 nitrogen and oxygen atoms in total. The minimum atomic E-state index is -0.894. The maximum absolute atomic E-state index is 9.91. The van der Waals surface area contributed by atoms with Crippen molar-refractivity contribution in [1.82, 2.24) is 0 Å². The average molecular weight is 332 g/mol. The Morgan fingerprint density at radius 3 is 2.67 bits per heavy atom. The molecule has 0 bridgehead atoms. The van der Waals surface area contributed by atoms with Crippen LogP contribution >= 0.6 is 11.3 Å². The van der Waals surface area contributed by atoms with Crippen LogP contribution in [0.1, 0.15) is 0 Å². The number of thiophene rings is 1. The van der Waals surface area contributed by atoms with Crippen molar-refractivity contribution >= 4 is 66.0 Å². The topological polar surface area (TPSA) is 42.6 Å². The highest BCUT2D eigenvalue weighted by molar-refractivity contribution is 7.26. The Morgan fingerprint density at radius 1 is 0.917 bits per heavy atom. The summed E-state index contributed by atoms with van der Waals surface area (Å²) >= 11 is 1.72. The summed E-state index contributed by atoms with van der Waals surface area (Å²) < 4.78 is 13.4. The van der Waals surface area contributed by atoms with Crippen molar-refractivity contribution in [2.75, 3.05) is 7.11 Å². The third-order valence-corrected chi connectivity index (χ3v) is 5.63. The number of rotatable bonds is 2. The number of hydrogen-bond acceptors (Lipinski definition) is 4. The summed E-state index contributed by atoms with van der Waals surface area (Å²) in [7, 11) is 0.607. The standard InChI is InChI=1S/C19H13BO3S/c1-22-20(21)11-6-7-13-17(10-11)24-16-9-8-15-18(19(13)16)12-4-2-3-5-14(12)23-15/h2-10,21H,1H3. The molecule has 0 radical (unpaired) electrons. The highest BCUT2D eigenvalue weighted by atomic mass is 32.1. The first-order chi connectivity index (χ1) is 11.8. The van der Waals surface area contributed by atoms with Crippen LogP contribution in [0.5, 0.6) is 0 Å². The Bertz CT molecular complexity index is 1220. The zero-order chi connectivity index (χ0) is 16.3. The molecular formula is C19H13BO3S. The molecule has 5 rings (SSSR count). The van der Waals surface area contributed by atoms with Gasteiger partial charge in [0.1, 0.15) is 11.2 Å². The lowest BCUT2D eigenvalue weighted by molar-refractivity contribution is 0.341. The monoisotopic (exact) mass is 332 g/mol. The Labute approximate surface area is 142 Å². The Kier molecular flexibility index (Phi) is 2.97. The first-order valence-electron chi connectivity index (χ1n) is 7.73. The summed E-state index contributed by atoms with van der Waals surface area (Å²) in [5.74, 6) is 0. The highest BCUT2D eigenvalue weighted by Crippen LogP contribution is 2.41. The van der Waals surface area contributed by atoms with Gasteiger partial charge in [-0.1, -0.05) is 30.3 Å². The molecule has 3 aromatic carbocycles. The van der Waals surface area contributed by atoms with Crippen molar-refractivity contribution in [1.29, 1.82) is 0 Å². The van der Waals surface area contributed by atoms with E-state index in [0.717, 1.165) is 32.1 Å². The van der Waals surface area contributed by atoms with E-state index in [1.165, 1.54) is 22.6 Å². The molecule has 0 amide bonds. The van der Waals surface area contributed by atoms with Gasteiger partial charge in [-0.15, -0.1) is 11.3 Å². The minimum absolute atomic E-state index is 0.768. The molecule has 0 unspecified atom stereocenters. The van der Waals surface area contributed by atoms with E-state index in [1.54, 1.807) is 11.3 Å². The summed E-state index contributed by atoms with van der Waals surface area (Å²) in [6, 6.07) is 18.3. The molecular weight excluding hydrogens is 319 g/mol. The highest BCUT2D eigenvalue weighted by Gasteiger charge is 2.18. The fourth-order valence-electron chi connectivity index (χ4n) is 3.39. The van der Waals surface area contributed by atoms with Gasteiger partial charge >= 0.3 is 7.12 Å². The van der Waals surface area contributed by atoms with E-state index in [0.29, 0.717) is 0 Å². The molecule has 5 aromatic rings. The normalized spacial score (nSPS) is 11.9. The second-order valence-corrected chi connectivity index (χ2v) is 6.94. The maximum Gasteiger partial charge on any atom is 0.490 e. The maximum atomic E-state index is 9.91. The van der Waals surface area contributed by atoms with Crippen molar-refractivity contribution in [3.05, 3.63) is 54.6 Å². The summed E-state index contributed by atoms with van der Waals surface area (Å²) in [4.78, 5) is 0. The zero-order valence-corrected chi connectivity index (χ0v) is 13.8. The van der Waals surface area contributed by atoms with Crippen LogP contribution in [0.3, 0.4) is 0 Å². The van der Waals surface area contributed by atoms with Crippen molar-refractivity contribution in [2.45, 2.75) is 0 Å². The lowest BCUT2D eigenvalue weighted by atomic mass is 9.79. The smallest absolute Gasteiger partial charge is 0.456 e. The van der Waals surface area contributed by atoms with Crippen molar-refractivity contribution in [3.8, 4) is 0 Å². The van der Waals surface area contributed by atoms with E-state index in [-0.39, 0.29) is 0 Å². The van der Waals surface area contributed by atoms with Crippen molar-refractivity contribution < 1.29 is 14.1 Å². The molecule has 116 valence electrons. The van der Waals surface area contributed by atoms with Gasteiger partial charge in [-0.2, -0.15) is 0 Å². The fourth-order valence-corrected chi connectivity index (χ4v) is 4.55. The van der Waals surface area contributed by atoms with Gasteiger partial charge < -0.3 is 14.1 Å². The Morgan fingerprint density at radius 2 is 1.79 bits per heavy atom. The Balaban J connectivity index is 1.94. The first kappa shape index (κ1) is 14.0. The number of benzene rings is 3. The van der Waals surface area contributed by atoms with E-state index in [9.17, 15) is 5.02 Å². The predicted octanol–water partition coefficient (Wildman–Crippen LogP) is 4.29. The second-order valence-electron chi connectivity index (χ2n) is 5.86. The molecule has 0 aliphatic carbocycles. The summed E-state index contributed by atoms with van der Waals surface area (Å²) in [6.07, 6.45) is 0. The van der Waals surface area contributed by atoms with E-state index in [4.69, 9.17) is 9.07 Å². The largest absolute Gasteiger partial charge is 0.490 e. The molecule has 0 saturated carbocycles. The van der Waals surface area contributed by atoms with Crippen LogP contribution in [0.25, 0.3) is 42.1 Å². The predicted molar refractivity (Wildman–Crippen MR) is 101 cm³/mol. The molecule has 5 heteroatoms. The first-order valence-corrected chi connectivity index (χ1v) is 8.55. The van der Waals surface area contributed by atoms with Crippen LogP contribution in [0.2, 0.25) is 0 Å². The quantitative estimate of drug-likeness (QED) is 0.491. The van der Waals surface area contributed by atoms with Gasteiger partial charge in [0.05, 0.1) is 0 Å². The summed E-state index contributed by atoms with van der Waals surface area (Å²) in [5, 5.41) is 14.6. The molecule has 24 heavy (non-hydrogen) atoms. The molecule has 1 N–H and O–H groups in total. The van der Waals surface area contributed by atoms with Crippen LogP contribution in [0.15, 0.2) is 59.0 Å². The number of fused-ring (bicyclic) bond motifs is 7. The van der Waals surface area contributed by atoms with E-state index >= 15 is 0 Å². The van der Waals surface area contributed by atoms with E-state index < -0.39 is 7.12 Å². The Hall–Kier alpha value is -2.34. The van der Waals surface area contributed by atoms with E-state index in [1.807, 2.05) is 36.4 Å². The fraction of sp³-hybridized carbons (Fsp3) is 0.0526. The van der Waals surface area contributed by atoms with Gasteiger partial charge in [0.15, 0.2) is 0 Å². The molecule has 0 aliphatic rings. The molecule has 2 heterocycles. The van der Waals surface area contributed by atoms with Crippen LogP contribution in [-0.4, -0.2) is 19.3 Å². The SMILES string of the molecule is COB(O)c1ccc2c(c1)sc1ccc3oc4ccccc4c3c12. The van der Waals surface area contributed by atoms with E-state index in [2.05, 4.69) is 18.2 Å². The third kappa shape index (κ3) is 1.86. The third-order valence-electron chi connectivity index (χ3n) is 4.51. The van der Waals surface area contributed by atoms with Gasteiger partial charge in [0, 0.05) is 38.1 Å². The number of furan rings is 1. The van der Waals surface area contributed by atoms with Crippen LogP contribution < -0.4 is 5.46 Å². The second kappa shape index (κ2) is 5.08. The van der Waals surface area contributed by atoms with Gasteiger partial charge in [-0.25, -0.2) is 0 Å². The van der Waals surface area contributed by atoms with Crippen LogP contribution in [0, 0.1) is 0 Å². The lowest BCUT2D eigenvalue weighted by Gasteiger charge is -2.03. The van der Waals surface area contributed by atoms with Crippen LogP contribution in [-0.2, 0) is 4.65 Å². The van der Waals surface area contributed by atoms with Crippen molar-refractivity contribution in [2.24, 2.45) is 0 Å². The molecule has 0 spiro atoms.